The molecule has 0 saturated heterocycles. The van der Waals surface area contributed by atoms with Crippen LogP contribution in [0.25, 0.3) is 22.0 Å². The number of thiazole rings is 2. The second kappa shape index (κ2) is 11.6. The minimum absolute atomic E-state index is 0.0831. The molecule has 38 heavy (non-hydrogen) atoms. The van der Waals surface area contributed by atoms with Gasteiger partial charge < -0.3 is 9.45 Å². The predicted molar refractivity (Wildman–Crippen MR) is 153 cm³/mol. The van der Waals surface area contributed by atoms with Crippen molar-refractivity contribution in [2.75, 3.05) is 7.05 Å². The summed E-state index contributed by atoms with van der Waals surface area (Å²) in [4.78, 5) is 14.9. The van der Waals surface area contributed by atoms with E-state index < -0.39 is 10.1 Å². The van der Waals surface area contributed by atoms with Crippen molar-refractivity contribution in [3.05, 3.63) is 103 Å². The molecule has 1 aliphatic heterocycles. The molecule has 2 aromatic heterocycles. The number of rotatable bonds is 4. The summed E-state index contributed by atoms with van der Waals surface area (Å²) >= 11 is 3.34. The summed E-state index contributed by atoms with van der Waals surface area (Å²) in [5.74, 6) is 0. The van der Waals surface area contributed by atoms with E-state index in [0.717, 1.165) is 27.0 Å². The van der Waals surface area contributed by atoms with Crippen molar-refractivity contribution in [2.45, 2.75) is 38.8 Å². The first-order valence-corrected chi connectivity index (χ1v) is 15.2. The van der Waals surface area contributed by atoms with Crippen molar-refractivity contribution < 1.29 is 17.5 Å². The molecule has 0 bridgehead atoms. The van der Waals surface area contributed by atoms with Gasteiger partial charge in [0.1, 0.15) is 30.6 Å². The highest BCUT2D eigenvalue weighted by Crippen LogP contribution is 2.20. The molecule has 3 heterocycles. The SMILES string of the molecule is CCn1c(=O)/c(=C2\C=CC=CN2C)s/c1=C\c1sc2ccccc2[n+]1CC.Cc1ccc(S(=O)(=O)[O-])cc1. The summed E-state index contributed by atoms with van der Waals surface area (Å²) in [6.45, 7) is 7.57. The van der Waals surface area contributed by atoms with Crippen LogP contribution >= 0.6 is 22.7 Å². The minimum Gasteiger partial charge on any atom is -0.744 e. The fraction of sp³-hybridized carbons (Fsp3) is 0.214. The second-order valence-electron chi connectivity index (χ2n) is 8.58. The zero-order chi connectivity index (χ0) is 27.4. The average molecular weight is 568 g/mol. The Morgan fingerprint density at radius 2 is 1.74 bits per heavy atom. The Kier molecular flexibility index (Phi) is 8.47. The highest BCUT2D eigenvalue weighted by Gasteiger charge is 2.18. The molecule has 0 aliphatic carbocycles. The topological polar surface area (TPSA) is 86.3 Å². The number of benzene rings is 2. The lowest BCUT2D eigenvalue weighted by atomic mass is 10.2. The third-order valence-corrected chi connectivity index (χ3v) is 9.12. The van der Waals surface area contributed by atoms with Gasteiger partial charge in [-0.2, -0.15) is 4.57 Å². The first-order valence-electron chi connectivity index (χ1n) is 12.1. The molecule has 0 unspecified atom stereocenters. The molecule has 0 N–H and O–H groups in total. The standard InChI is InChI=1S/C21H22N3OS2.C7H8O3S/c1-4-23-15-10-6-7-12-17(15)26-18(23)14-19-24(5-2)21(25)20(27-19)16-11-8-9-13-22(16)3;1-6-2-4-7(5-3-6)11(8,9)10/h6-14H,4-5H2,1-3H3;2-5H,1H3,(H,8,9,10)/q+1;/p-1/b20-16-;. The number of aromatic nitrogens is 2. The van der Waals surface area contributed by atoms with E-state index in [0.29, 0.717) is 6.54 Å². The van der Waals surface area contributed by atoms with Gasteiger partial charge in [-0.3, -0.25) is 9.36 Å². The maximum atomic E-state index is 13.0. The molecule has 2 aromatic carbocycles. The third kappa shape index (κ3) is 5.88. The van der Waals surface area contributed by atoms with E-state index in [1.165, 1.54) is 27.4 Å². The molecule has 0 amide bonds. The molecule has 0 fully saturated rings. The molecule has 4 aromatic rings. The fourth-order valence-electron chi connectivity index (χ4n) is 4.05. The number of allylic oxidation sites excluding steroid dienone is 2. The van der Waals surface area contributed by atoms with E-state index in [4.69, 9.17) is 0 Å². The van der Waals surface area contributed by atoms with Crippen LogP contribution in [0.15, 0.2) is 82.6 Å². The summed E-state index contributed by atoms with van der Waals surface area (Å²) in [5, 5.41) is 1.17. The molecule has 198 valence electrons. The fourth-order valence-corrected chi connectivity index (χ4v) is 6.97. The van der Waals surface area contributed by atoms with Crippen LogP contribution in [-0.2, 0) is 23.2 Å². The number of hydrogen-bond donors (Lipinski definition) is 0. The van der Waals surface area contributed by atoms with Gasteiger partial charge in [0.2, 0.25) is 5.52 Å². The van der Waals surface area contributed by atoms with E-state index in [1.807, 2.05) is 54.8 Å². The molecule has 10 heteroatoms. The minimum atomic E-state index is -4.27. The zero-order valence-corrected chi connectivity index (χ0v) is 24.1. The molecule has 7 nitrogen and oxygen atoms in total. The first kappa shape index (κ1) is 27.7. The monoisotopic (exact) mass is 567 g/mol. The quantitative estimate of drug-likeness (QED) is 0.279. The van der Waals surface area contributed by atoms with E-state index in [2.05, 4.69) is 41.8 Å². The highest BCUT2D eigenvalue weighted by molar-refractivity contribution is 7.85. The van der Waals surface area contributed by atoms with Gasteiger partial charge in [-0.05, 0) is 51.1 Å². The Labute approximate surface area is 230 Å². The van der Waals surface area contributed by atoms with Crippen molar-refractivity contribution >= 4 is 54.8 Å². The lowest BCUT2D eigenvalue weighted by Crippen LogP contribution is -2.35. The van der Waals surface area contributed by atoms with Crippen LogP contribution in [0.4, 0.5) is 0 Å². The maximum absolute atomic E-state index is 13.0. The van der Waals surface area contributed by atoms with Gasteiger partial charge >= 0.3 is 0 Å². The predicted octanol–water partition coefficient (Wildman–Crippen LogP) is 3.30. The van der Waals surface area contributed by atoms with Gasteiger partial charge in [-0.25, -0.2) is 8.42 Å². The lowest BCUT2D eigenvalue weighted by molar-refractivity contribution is -0.665. The molecular formula is C28H29N3O4S3. The number of nitrogens with zero attached hydrogens (tertiary/aromatic N) is 3. The summed E-state index contributed by atoms with van der Waals surface area (Å²) in [7, 11) is -2.29. The maximum Gasteiger partial charge on any atom is 0.271 e. The van der Waals surface area contributed by atoms with Gasteiger partial charge in [-0.15, -0.1) is 11.3 Å². The van der Waals surface area contributed by atoms with Crippen molar-refractivity contribution in [3.8, 4) is 0 Å². The van der Waals surface area contributed by atoms with Gasteiger partial charge in [0.05, 0.1) is 16.7 Å². The van der Waals surface area contributed by atoms with Gasteiger partial charge in [0.15, 0.2) is 0 Å². The molecular weight excluding hydrogens is 539 g/mol. The van der Waals surface area contributed by atoms with Crippen molar-refractivity contribution in [3.63, 3.8) is 0 Å². The van der Waals surface area contributed by atoms with Gasteiger partial charge in [0.25, 0.3) is 10.6 Å². The highest BCUT2D eigenvalue weighted by atomic mass is 32.2. The zero-order valence-electron chi connectivity index (χ0n) is 21.6. The molecule has 1 aliphatic rings. The van der Waals surface area contributed by atoms with Crippen molar-refractivity contribution in [1.29, 1.82) is 0 Å². The summed E-state index contributed by atoms with van der Waals surface area (Å²) in [6.07, 6.45) is 10.1. The molecule has 0 atom stereocenters. The van der Waals surface area contributed by atoms with Crippen LogP contribution in [0.1, 0.15) is 24.4 Å². The number of likely N-dealkylation sites (N-methyl/N-ethyl adjacent to an activating group) is 1. The Morgan fingerprint density at radius 1 is 1.03 bits per heavy atom. The largest absolute Gasteiger partial charge is 0.744 e. The Bertz CT molecular complexity index is 1810. The molecule has 0 saturated carbocycles. The van der Waals surface area contributed by atoms with Crippen molar-refractivity contribution in [1.82, 2.24) is 9.47 Å². The van der Waals surface area contributed by atoms with Crippen molar-refractivity contribution in [2.24, 2.45) is 0 Å². The Hall–Kier alpha value is -3.31. The van der Waals surface area contributed by atoms with E-state index in [1.54, 1.807) is 34.8 Å². The summed E-state index contributed by atoms with van der Waals surface area (Å²) in [5.41, 5.74) is 3.21. The second-order valence-corrected chi connectivity index (χ2v) is 12.1. The lowest BCUT2D eigenvalue weighted by Gasteiger charge is -2.16. The van der Waals surface area contributed by atoms with Gasteiger partial charge in [0, 0.05) is 25.9 Å². The van der Waals surface area contributed by atoms with E-state index >= 15 is 0 Å². The van der Waals surface area contributed by atoms with Crippen LogP contribution < -0.4 is 19.3 Å². The Balaban J connectivity index is 0.000000257. The van der Waals surface area contributed by atoms with Gasteiger partial charge in [-0.1, -0.05) is 47.2 Å². The number of aryl methyl sites for hydroxylation is 2. The molecule has 0 radical (unpaired) electrons. The van der Waals surface area contributed by atoms with Crippen LogP contribution in [0.2, 0.25) is 0 Å². The number of hydrogen-bond acceptors (Lipinski definition) is 7. The number of para-hydroxylation sites is 1. The summed E-state index contributed by atoms with van der Waals surface area (Å²) in [6, 6.07) is 14.2. The smallest absolute Gasteiger partial charge is 0.271 e. The average Bonchev–Trinajstić information content (AvgIpc) is 3.40. The normalized spacial score (nSPS) is 15.2. The van der Waals surface area contributed by atoms with Crippen LogP contribution in [-0.4, -0.2) is 29.5 Å². The summed E-state index contributed by atoms with van der Waals surface area (Å²) < 4.78 is 38.4. The molecule has 5 rings (SSSR count). The Morgan fingerprint density at radius 3 is 2.37 bits per heavy atom. The third-order valence-electron chi connectivity index (χ3n) is 6.03. The number of fused-ring (bicyclic) bond motifs is 1. The van der Waals surface area contributed by atoms with E-state index in [9.17, 15) is 17.8 Å². The van der Waals surface area contributed by atoms with Crippen LogP contribution in [0.5, 0.6) is 0 Å². The van der Waals surface area contributed by atoms with Crippen LogP contribution in [0.3, 0.4) is 0 Å². The molecule has 0 spiro atoms. The van der Waals surface area contributed by atoms with E-state index in [-0.39, 0.29) is 10.5 Å². The van der Waals surface area contributed by atoms with Crippen LogP contribution in [0, 0.1) is 6.92 Å². The first-order chi connectivity index (χ1) is 18.1.